The third-order valence-electron chi connectivity index (χ3n) is 4.98. The number of amides is 1. The monoisotopic (exact) mass is 457 g/mol. The number of benzene rings is 1. The van der Waals surface area contributed by atoms with Gasteiger partial charge in [0.2, 0.25) is 5.91 Å². The molecule has 0 bridgehead atoms. The van der Waals surface area contributed by atoms with Gasteiger partial charge in [0.25, 0.3) is 0 Å². The predicted octanol–water partition coefficient (Wildman–Crippen LogP) is 4.25. The molecule has 0 spiro atoms. The molecule has 2 saturated heterocycles. The third kappa shape index (κ3) is 7.51. The van der Waals surface area contributed by atoms with Crippen LogP contribution in [0.3, 0.4) is 0 Å². The second-order valence-corrected chi connectivity index (χ2v) is 7.09. The third-order valence-corrected chi connectivity index (χ3v) is 4.98. The van der Waals surface area contributed by atoms with Gasteiger partial charge in [0.05, 0.1) is 29.6 Å². The molecule has 5 nitrogen and oxygen atoms in total. The number of rotatable bonds is 6. The molecule has 29 heavy (non-hydrogen) atoms. The standard InChI is InChI=1S/C19H26F3N3O2.2ClH/c20-19(21,22)14-6-7-17(25-8-2-1-3-9-25)16(11-14)24-18(26)13-23-12-15-5-4-10-27-15;;/h6-7,11,15,23H,1-5,8-10,12-13H2,(H,24,26);2*1H. The molecule has 1 aromatic carbocycles. The molecule has 0 aliphatic carbocycles. The second kappa shape index (κ2) is 11.8. The van der Waals surface area contributed by atoms with Crippen LogP contribution in [-0.2, 0) is 15.7 Å². The van der Waals surface area contributed by atoms with Crippen LogP contribution in [0.2, 0.25) is 0 Å². The Morgan fingerprint density at radius 3 is 2.48 bits per heavy atom. The van der Waals surface area contributed by atoms with Crippen LogP contribution >= 0.6 is 24.8 Å². The maximum atomic E-state index is 13.1. The minimum atomic E-state index is -4.45. The SMILES string of the molecule is Cl.Cl.O=C(CNCC1CCCO1)Nc1cc(C(F)(F)F)ccc1N1CCCCC1. The topological polar surface area (TPSA) is 53.6 Å². The molecule has 166 valence electrons. The van der Waals surface area contributed by atoms with Crippen molar-refractivity contribution in [1.82, 2.24) is 5.32 Å². The molecule has 2 aliphatic rings. The van der Waals surface area contributed by atoms with Crippen LogP contribution in [0.4, 0.5) is 24.5 Å². The molecule has 0 aromatic heterocycles. The number of nitrogens with one attached hydrogen (secondary N) is 2. The van der Waals surface area contributed by atoms with Gasteiger partial charge in [-0.05, 0) is 50.3 Å². The van der Waals surface area contributed by atoms with Gasteiger partial charge in [-0.25, -0.2) is 0 Å². The van der Waals surface area contributed by atoms with E-state index in [2.05, 4.69) is 10.6 Å². The lowest BCUT2D eigenvalue weighted by molar-refractivity contribution is -0.137. The summed E-state index contributed by atoms with van der Waals surface area (Å²) in [5.74, 6) is -0.356. The highest BCUT2D eigenvalue weighted by Gasteiger charge is 2.31. The number of ether oxygens (including phenoxy) is 1. The molecule has 1 atom stereocenters. The summed E-state index contributed by atoms with van der Waals surface area (Å²) in [6.45, 7) is 2.91. The summed E-state index contributed by atoms with van der Waals surface area (Å²) >= 11 is 0. The average molecular weight is 458 g/mol. The number of piperidine rings is 1. The molecule has 1 amide bonds. The summed E-state index contributed by atoms with van der Waals surface area (Å²) < 4.78 is 44.8. The molecule has 2 heterocycles. The summed E-state index contributed by atoms with van der Waals surface area (Å²) in [4.78, 5) is 14.3. The van der Waals surface area contributed by atoms with Crippen LogP contribution in [0.25, 0.3) is 0 Å². The number of carbonyl (C=O) groups is 1. The van der Waals surface area contributed by atoms with Crippen molar-refractivity contribution in [3.8, 4) is 0 Å². The van der Waals surface area contributed by atoms with Gasteiger partial charge in [-0.1, -0.05) is 0 Å². The Labute approximate surface area is 181 Å². The minimum Gasteiger partial charge on any atom is -0.377 e. The summed E-state index contributed by atoms with van der Waals surface area (Å²) in [5, 5.41) is 5.68. The van der Waals surface area contributed by atoms with E-state index in [-0.39, 0.29) is 49.1 Å². The summed E-state index contributed by atoms with van der Waals surface area (Å²) in [5.41, 5.74) is 0.108. The van der Waals surface area contributed by atoms with Gasteiger partial charge in [-0.15, -0.1) is 24.8 Å². The quantitative estimate of drug-likeness (QED) is 0.670. The average Bonchev–Trinajstić information content (AvgIpc) is 3.15. The van der Waals surface area contributed by atoms with Crippen molar-refractivity contribution >= 4 is 42.1 Å². The van der Waals surface area contributed by atoms with Crippen LogP contribution < -0.4 is 15.5 Å². The largest absolute Gasteiger partial charge is 0.416 e. The van der Waals surface area contributed by atoms with Crippen LogP contribution in [0.1, 0.15) is 37.7 Å². The van der Waals surface area contributed by atoms with E-state index in [9.17, 15) is 18.0 Å². The van der Waals surface area contributed by atoms with Crippen molar-refractivity contribution in [2.24, 2.45) is 0 Å². The lowest BCUT2D eigenvalue weighted by Gasteiger charge is -2.31. The van der Waals surface area contributed by atoms with Crippen LogP contribution in [0.15, 0.2) is 18.2 Å². The van der Waals surface area contributed by atoms with Crippen LogP contribution in [-0.4, -0.2) is 44.8 Å². The summed E-state index contributed by atoms with van der Waals surface area (Å²) in [6, 6.07) is 3.57. The number of alkyl halides is 3. The van der Waals surface area contributed by atoms with E-state index in [1.54, 1.807) is 0 Å². The molecule has 1 unspecified atom stereocenters. The Bertz CT molecular complexity index is 650. The minimum absolute atomic E-state index is 0. The smallest absolute Gasteiger partial charge is 0.377 e. The molecular weight excluding hydrogens is 430 g/mol. The number of hydrogen-bond donors (Lipinski definition) is 2. The van der Waals surface area contributed by atoms with Crippen LogP contribution in [0, 0.1) is 0 Å². The molecule has 0 radical (unpaired) electrons. The normalized spacial score (nSPS) is 19.3. The zero-order chi connectivity index (χ0) is 19.3. The fraction of sp³-hybridized carbons (Fsp3) is 0.632. The molecular formula is C19H28Cl2F3N3O2. The number of nitrogens with zero attached hydrogens (tertiary/aromatic N) is 1. The number of anilines is 2. The van der Waals surface area contributed by atoms with E-state index in [0.717, 1.165) is 63.9 Å². The highest BCUT2D eigenvalue weighted by atomic mass is 35.5. The molecule has 10 heteroatoms. The first kappa shape index (κ1) is 25.8. The molecule has 3 rings (SSSR count). The lowest BCUT2D eigenvalue weighted by Crippen LogP contribution is -2.34. The van der Waals surface area contributed by atoms with Gasteiger partial charge in [0.1, 0.15) is 0 Å². The molecule has 0 saturated carbocycles. The Morgan fingerprint density at radius 1 is 1.14 bits per heavy atom. The van der Waals surface area contributed by atoms with E-state index in [4.69, 9.17) is 4.74 Å². The van der Waals surface area contributed by atoms with Crippen molar-refractivity contribution in [1.29, 1.82) is 0 Å². The van der Waals surface area contributed by atoms with Gasteiger partial charge in [0.15, 0.2) is 0 Å². The van der Waals surface area contributed by atoms with Crippen molar-refractivity contribution < 1.29 is 22.7 Å². The van der Waals surface area contributed by atoms with E-state index in [0.29, 0.717) is 12.2 Å². The maximum absolute atomic E-state index is 13.1. The Morgan fingerprint density at radius 2 is 1.86 bits per heavy atom. The zero-order valence-electron chi connectivity index (χ0n) is 16.1. The number of halogens is 5. The zero-order valence-corrected chi connectivity index (χ0v) is 17.7. The van der Waals surface area contributed by atoms with Gasteiger partial charge in [-0.3, -0.25) is 4.79 Å². The highest BCUT2D eigenvalue weighted by Crippen LogP contribution is 2.36. The van der Waals surface area contributed by atoms with E-state index < -0.39 is 11.7 Å². The fourth-order valence-corrected chi connectivity index (χ4v) is 3.57. The Balaban J connectivity index is 0.00000210. The second-order valence-electron chi connectivity index (χ2n) is 7.09. The highest BCUT2D eigenvalue weighted by molar-refractivity contribution is 5.95. The number of hydrogen-bond acceptors (Lipinski definition) is 4. The lowest BCUT2D eigenvalue weighted by atomic mass is 10.1. The predicted molar refractivity (Wildman–Crippen MR) is 112 cm³/mol. The first-order valence-electron chi connectivity index (χ1n) is 9.52. The molecule has 1 aromatic rings. The van der Waals surface area contributed by atoms with Gasteiger partial charge >= 0.3 is 6.18 Å². The number of carbonyl (C=O) groups excluding carboxylic acids is 1. The van der Waals surface area contributed by atoms with Crippen molar-refractivity contribution in [3.05, 3.63) is 23.8 Å². The van der Waals surface area contributed by atoms with E-state index >= 15 is 0 Å². The summed E-state index contributed by atoms with van der Waals surface area (Å²) in [6.07, 6.45) is 0.748. The molecule has 2 fully saturated rings. The molecule has 2 aliphatic heterocycles. The maximum Gasteiger partial charge on any atom is 0.416 e. The van der Waals surface area contributed by atoms with Crippen molar-refractivity contribution in [2.45, 2.75) is 44.4 Å². The van der Waals surface area contributed by atoms with Crippen molar-refractivity contribution in [2.75, 3.05) is 43.0 Å². The fourth-order valence-electron chi connectivity index (χ4n) is 3.57. The van der Waals surface area contributed by atoms with Crippen molar-refractivity contribution in [3.63, 3.8) is 0 Å². The first-order valence-corrected chi connectivity index (χ1v) is 9.52. The van der Waals surface area contributed by atoms with Crippen LogP contribution in [0.5, 0.6) is 0 Å². The van der Waals surface area contributed by atoms with E-state index in [1.807, 2.05) is 4.90 Å². The van der Waals surface area contributed by atoms with Gasteiger partial charge < -0.3 is 20.3 Å². The Hall–Kier alpha value is -1.22. The first-order chi connectivity index (χ1) is 12.9. The summed E-state index contributed by atoms with van der Waals surface area (Å²) in [7, 11) is 0. The van der Waals surface area contributed by atoms with Gasteiger partial charge in [0, 0.05) is 26.2 Å². The van der Waals surface area contributed by atoms with Gasteiger partial charge in [-0.2, -0.15) is 13.2 Å². The van der Waals surface area contributed by atoms with E-state index in [1.165, 1.54) is 6.07 Å². The Kier molecular flexibility index (Phi) is 10.5. The molecule has 2 N–H and O–H groups in total.